The molecule has 1 amide bonds. The Balaban J connectivity index is 1.26. The highest BCUT2D eigenvalue weighted by Gasteiger charge is 2.53. The maximum Gasteiger partial charge on any atom is 0.271 e. The van der Waals surface area contributed by atoms with E-state index in [1.54, 1.807) is 5.38 Å². The topological polar surface area (TPSA) is 74.2 Å². The van der Waals surface area contributed by atoms with Gasteiger partial charge in [-0.3, -0.25) is 4.79 Å². The maximum absolute atomic E-state index is 12.8. The van der Waals surface area contributed by atoms with E-state index >= 15 is 0 Å². The average Bonchev–Trinajstić information content (AvgIpc) is 3.19. The molecule has 1 heterocycles. The van der Waals surface area contributed by atoms with Crippen LogP contribution in [0.1, 0.15) is 49.0 Å². The number of carbonyl (C=O) groups excluding carboxylic acids is 1. The second kappa shape index (κ2) is 7.01. The average molecular weight is 418 g/mol. The van der Waals surface area contributed by atoms with Crippen molar-refractivity contribution < 1.29 is 9.90 Å². The van der Waals surface area contributed by atoms with E-state index in [0.29, 0.717) is 33.6 Å². The minimum absolute atomic E-state index is 0.112. The van der Waals surface area contributed by atoms with Gasteiger partial charge in [0.05, 0.1) is 5.60 Å². The molecule has 28 heavy (non-hydrogen) atoms. The van der Waals surface area contributed by atoms with Gasteiger partial charge in [0.25, 0.3) is 5.91 Å². The van der Waals surface area contributed by atoms with Crippen LogP contribution in [-0.2, 0) is 0 Å². The van der Waals surface area contributed by atoms with Gasteiger partial charge >= 0.3 is 0 Å². The van der Waals surface area contributed by atoms with E-state index in [1.807, 2.05) is 24.3 Å². The van der Waals surface area contributed by atoms with Gasteiger partial charge in [-0.2, -0.15) is 0 Å². The number of nitrogens with one attached hydrogen (secondary N) is 2. The van der Waals surface area contributed by atoms with Gasteiger partial charge in [0.15, 0.2) is 5.13 Å². The molecule has 148 valence electrons. The predicted molar refractivity (Wildman–Crippen MR) is 111 cm³/mol. The first kappa shape index (κ1) is 18.4. The summed E-state index contributed by atoms with van der Waals surface area (Å²) in [5.41, 5.74) is 0.845. The van der Waals surface area contributed by atoms with Crippen molar-refractivity contribution in [2.24, 2.45) is 17.8 Å². The lowest BCUT2D eigenvalue weighted by molar-refractivity contribution is -0.00594. The smallest absolute Gasteiger partial charge is 0.271 e. The molecule has 3 aliphatic rings. The Bertz CT molecular complexity index is 886. The number of aliphatic hydroxyl groups is 1. The predicted octanol–water partition coefficient (Wildman–Crippen LogP) is 4.60. The standard InChI is InChI=1S/C21H24ClN3O2S/c22-14-2-4-15(5-3-14)23-20-25-18(11-28-20)19(26)24-17-6-1-12-7-13-9-21(27,8-12)10-16(13)17/h2-5,11-13,16-17,27H,1,6-10H2,(H,23,25)(H,24,26)/t12?,13?,16?,17-,21-/m0/s1. The molecular formula is C21H24ClN3O2S. The zero-order chi connectivity index (χ0) is 19.3. The molecule has 3 bridgehead atoms. The minimum Gasteiger partial charge on any atom is -0.390 e. The first-order valence-electron chi connectivity index (χ1n) is 9.99. The summed E-state index contributed by atoms with van der Waals surface area (Å²) in [5, 5.41) is 20.4. The van der Waals surface area contributed by atoms with Gasteiger partial charge in [-0.15, -0.1) is 11.3 Å². The molecule has 3 fully saturated rings. The molecule has 3 aliphatic carbocycles. The summed E-state index contributed by atoms with van der Waals surface area (Å²) in [4.78, 5) is 17.3. The fraction of sp³-hybridized carbons (Fsp3) is 0.524. The molecule has 7 heteroatoms. The van der Waals surface area contributed by atoms with Gasteiger partial charge in [0.1, 0.15) is 5.69 Å². The van der Waals surface area contributed by atoms with Crippen LogP contribution in [0.25, 0.3) is 0 Å². The number of amides is 1. The molecule has 0 radical (unpaired) electrons. The molecule has 0 spiro atoms. The first-order chi connectivity index (χ1) is 13.5. The number of benzene rings is 1. The van der Waals surface area contributed by atoms with Crippen molar-refractivity contribution in [2.45, 2.75) is 50.2 Å². The Morgan fingerprint density at radius 3 is 2.86 bits per heavy atom. The summed E-state index contributed by atoms with van der Waals surface area (Å²) >= 11 is 7.33. The van der Waals surface area contributed by atoms with Crippen molar-refractivity contribution in [1.82, 2.24) is 10.3 Å². The molecule has 0 aliphatic heterocycles. The lowest BCUT2D eigenvalue weighted by Crippen LogP contribution is -2.42. The molecule has 3 unspecified atom stereocenters. The zero-order valence-corrected chi connectivity index (χ0v) is 17.1. The van der Waals surface area contributed by atoms with Crippen LogP contribution in [0.5, 0.6) is 0 Å². The Morgan fingerprint density at radius 1 is 1.21 bits per heavy atom. The fourth-order valence-electron chi connectivity index (χ4n) is 5.64. The molecular weight excluding hydrogens is 394 g/mol. The molecule has 2 aromatic rings. The van der Waals surface area contributed by atoms with Crippen molar-refractivity contribution in [3.05, 3.63) is 40.4 Å². The number of thiazole rings is 1. The molecule has 3 N–H and O–H groups in total. The summed E-state index contributed by atoms with van der Waals surface area (Å²) in [6.45, 7) is 0. The summed E-state index contributed by atoms with van der Waals surface area (Å²) in [6, 6.07) is 7.53. The van der Waals surface area contributed by atoms with E-state index in [-0.39, 0.29) is 11.9 Å². The summed E-state index contributed by atoms with van der Waals surface area (Å²) in [6.07, 6.45) is 6.01. The molecule has 1 aromatic carbocycles. The van der Waals surface area contributed by atoms with Gasteiger partial charge in [-0.1, -0.05) is 11.6 Å². The minimum atomic E-state index is -0.488. The summed E-state index contributed by atoms with van der Waals surface area (Å²) < 4.78 is 0. The van der Waals surface area contributed by atoms with Crippen LogP contribution in [0.4, 0.5) is 10.8 Å². The SMILES string of the molecule is O=C(N[C@H]1CCC2CC3C[C@@](O)(C2)CC31)c1csc(Nc2ccc(Cl)cc2)n1. The number of hydrogen-bond acceptors (Lipinski definition) is 5. The van der Waals surface area contributed by atoms with Gasteiger partial charge in [-0.25, -0.2) is 4.98 Å². The first-order valence-corrected chi connectivity index (χ1v) is 11.2. The molecule has 1 aromatic heterocycles. The summed E-state index contributed by atoms with van der Waals surface area (Å²) in [7, 11) is 0. The van der Waals surface area contributed by atoms with Gasteiger partial charge in [-0.05, 0) is 80.5 Å². The van der Waals surface area contributed by atoms with Crippen LogP contribution < -0.4 is 10.6 Å². The number of anilines is 2. The normalized spacial score (nSPS) is 33.5. The van der Waals surface area contributed by atoms with Crippen LogP contribution in [0.3, 0.4) is 0 Å². The lowest BCUT2D eigenvalue weighted by atomic mass is 9.77. The van der Waals surface area contributed by atoms with E-state index in [9.17, 15) is 9.90 Å². The van der Waals surface area contributed by atoms with Crippen LogP contribution in [0.15, 0.2) is 29.6 Å². The Labute approximate surface area is 173 Å². The fourth-order valence-corrected chi connectivity index (χ4v) is 6.47. The Kier molecular flexibility index (Phi) is 4.61. The van der Waals surface area contributed by atoms with Gasteiger partial charge in [0, 0.05) is 22.1 Å². The number of hydrogen-bond donors (Lipinski definition) is 3. The van der Waals surface area contributed by atoms with Crippen LogP contribution in [0.2, 0.25) is 5.02 Å². The third kappa shape index (κ3) is 3.53. The van der Waals surface area contributed by atoms with E-state index in [2.05, 4.69) is 15.6 Å². The van der Waals surface area contributed by atoms with Crippen molar-refractivity contribution in [2.75, 3.05) is 5.32 Å². The maximum atomic E-state index is 12.8. The zero-order valence-electron chi connectivity index (χ0n) is 15.5. The van der Waals surface area contributed by atoms with E-state index in [1.165, 1.54) is 17.8 Å². The third-order valence-electron chi connectivity index (χ3n) is 6.72. The summed E-state index contributed by atoms with van der Waals surface area (Å²) in [5.74, 6) is 1.45. The monoisotopic (exact) mass is 417 g/mol. The van der Waals surface area contributed by atoms with Gasteiger partial charge < -0.3 is 15.7 Å². The number of nitrogens with zero attached hydrogens (tertiary/aromatic N) is 1. The van der Waals surface area contributed by atoms with E-state index < -0.39 is 5.60 Å². The molecule has 5 rings (SSSR count). The number of aromatic nitrogens is 1. The highest BCUT2D eigenvalue weighted by atomic mass is 35.5. The molecule has 5 atom stereocenters. The van der Waals surface area contributed by atoms with E-state index in [0.717, 1.165) is 37.8 Å². The number of fused-ring (bicyclic) bond motifs is 2. The van der Waals surface area contributed by atoms with Crippen molar-refractivity contribution in [3.63, 3.8) is 0 Å². The van der Waals surface area contributed by atoms with E-state index in [4.69, 9.17) is 11.6 Å². The number of carbonyl (C=O) groups is 1. The van der Waals surface area contributed by atoms with Crippen molar-refractivity contribution in [1.29, 1.82) is 0 Å². The lowest BCUT2D eigenvalue weighted by Gasteiger charge is -2.33. The third-order valence-corrected chi connectivity index (χ3v) is 7.73. The van der Waals surface area contributed by atoms with Gasteiger partial charge in [0.2, 0.25) is 0 Å². The van der Waals surface area contributed by atoms with Crippen LogP contribution in [-0.4, -0.2) is 27.6 Å². The van der Waals surface area contributed by atoms with Crippen LogP contribution in [0, 0.1) is 17.8 Å². The quantitative estimate of drug-likeness (QED) is 0.679. The van der Waals surface area contributed by atoms with Crippen LogP contribution >= 0.6 is 22.9 Å². The van der Waals surface area contributed by atoms with Crippen molar-refractivity contribution in [3.8, 4) is 0 Å². The molecule has 5 nitrogen and oxygen atoms in total. The number of rotatable bonds is 4. The Hall–Kier alpha value is -1.63. The second-order valence-corrected chi connectivity index (χ2v) is 9.98. The number of halogens is 1. The largest absolute Gasteiger partial charge is 0.390 e. The molecule has 0 saturated heterocycles. The Morgan fingerprint density at radius 2 is 2.04 bits per heavy atom. The van der Waals surface area contributed by atoms with Crippen molar-refractivity contribution >= 4 is 39.7 Å². The highest BCUT2D eigenvalue weighted by molar-refractivity contribution is 7.14. The highest BCUT2D eigenvalue weighted by Crippen LogP contribution is 2.55. The second-order valence-electron chi connectivity index (χ2n) is 8.69. The molecule has 3 saturated carbocycles.